The quantitative estimate of drug-likeness (QED) is 0.506. The van der Waals surface area contributed by atoms with Gasteiger partial charge in [0.1, 0.15) is 11.3 Å². The minimum Gasteiger partial charge on any atom is -0.494 e. The number of aryl methyl sites for hydroxylation is 1. The maximum Gasteiger partial charge on any atom is 0.375 e. The van der Waals surface area contributed by atoms with Crippen molar-refractivity contribution in [1.82, 2.24) is 5.32 Å². The lowest BCUT2D eigenvalue weighted by Crippen LogP contribution is -2.32. The number of ether oxygens (including phenoxy) is 2. The van der Waals surface area contributed by atoms with E-state index in [1.807, 2.05) is 43.3 Å². The largest absolute Gasteiger partial charge is 0.494 e. The van der Waals surface area contributed by atoms with Gasteiger partial charge in [0.25, 0.3) is 5.91 Å². The van der Waals surface area contributed by atoms with Gasteiger partial charge in [-0.25, -0.2) is 4.79 Å². The molecule has 0 aliphatic rings. The Bertz CT molecular complexity index is 1010. The van der Waals surface area contributed by atoms with Gasteiger partial charge in [-0.1, -0.05) is 43.7 Å². The summed E-state index contributed by atoms with van der Waals surface area (Å²) in [5.41, 5.74) is 2.25. The lowest BCUT2D eigenvalue weighted by atomic mass is 10.0. The number of furan rings is 1. The summed E-state index contributed by atoms with van der Waals surface area (Å²) in [4.78, 5) is 24.9. The van der Waals surface area contributed by atoms with Gasteiger partial charge in [-0.2, -0.15) is 0 Å². The predicted octanol–water partition coefficient (Wildman–Crippen LogP) is 4.95. The molecule has 1 unspecified atom stereocenters. The van der Waals surface area contributed by atoms with Crippen molar-refractivity contribution in [3.05, 3.63) is 65.4 Å². The first-order valence-corrected chi connectivity index (χ1v) is 10.2. The summed E-state index contributed by atoms with van der Waals surface area (Å²) < 4.78 is 16.4. The fourth-order valence-corrected chi connectivity index (χ4v) is 3.38. The molecule has 2 aromatic carbocycles. The highest BCUT2D eigenvalue weighted by Crippen LogP contribution is 2.29. The molecule has 1 atom stereocenters. The molecule has 0 aliphatic carbocycles. The Morgan fingerprint density at radius 1 is 1.10 bits per heavy atom. The molecule has 0 saturated carbocycles. The van der Waals surface area contributed by atoms with Gasteiger partial charge in [-0.05, 0) is 44.0 Å². The molecule has 1 N–H and O–H groups in total. The topological polar surface area (TPSA) is 77.8 Å². The third kappa shape index (κ3) is 5.00. The normalized spacial score (nSPS) is 11.8. The number of rotatable bonds is 9. The average molecular weight is 409 g/mol. The van der Waals surface area contributed by atoms with Crippen LogP contribution in [0.5, 0.6) is 5.75 Å². The van der Waals surface area contributed by atoms with Crippen LogP contribution in [-0.2, 0) is 9.53 Å². The van der Waals surface area contributed by atoms with Gasteiger partial charge in [-0.3, -0.25) is 4.79 Å². The molecule has 1 heterocycles. The lowest BCUT2D eigenvalue weighted by Gasteiger charge is -2.18. The highest BCUT2D eigenvalue weighted by atomic mass is 16.5. The molecular formula is C24H27NO5. The van der Waals surface area contributed by atoms with E-state index in [1.165, 1.54) is 0 Å². The fourth-order valence-electron chi connectivity index (χ4n) is 3.38. The van der Waals surface area contributed by atoms with Gasteiger partial charge in [0.05, 0.1) is 12.6 Å². The van der Waals surface area contributed by atoms with Crippen molar-refractivity contribution in [2.45, 2.75) is 39.7 Å². The van der Waals surface area contributed by atoms with E-state index in [1.54, 1.807) is 19.1 Å². The van der Waals surface area contributed by atoms with Crippen LogP contribution >= 0.6 is 0 Å². The van der Waals surface area contributed by atoms with E-state index in [0.29, 0.717) is 23.5 Å². The second kappa shape index (κ2) is 9.96. The van der Waals surface area contributed by atoms with Gasteiger partial charge in [-0.15, -0.1) is 0 Å². The maximum absolute atomic E-state index is 12.5. The van der Waals surface area contributed by atoms with Crippen LogP contribution in [0.1, 0.15) is 54.4 Å². The number of fused-ring (bicyclic) bond motifs is 1. The molecule has 1 amide bonds. The van der Waals surface area contributed by atoms with Crippen LogP contribution in [0.2, 0.25) is 0 Å². The summed E-state index contributed by atoms with van der Waals surface area (Å²) >= 11 is 0. The van der Waals surface area contributed by atoms with Crippen molar-refractivity contribution >= 4 is 22.8 Å². The van der Waals surface area contributed by atoms with E-state index in [0.717, 1.165) is 23.8 Å². The zero-order valence-corrected chi connectivity index (χ0v) is 17.6. The second-order valence-electron chi connectivity index (χ2n) is 7.04. The van der Waals surface area contributed by atoms with Crippen molar-refractivity contribution in [3.8, 4) is 5.75 Å². The molecule has 3 aromatic rings. The number of nitrogens with one attached hydrogen (secondary N) is 1. The summed E-state index contributed by atoms with van der Waals surface area (Å²) in [5, 5.41) is 3.72. The van der Waals surface area contributed by atoms with Crippen molar-refractivity contribution in [2.24, 2.45) is 0 Å². The third-order valence-electron chi connectivity index (χ3n) is 4.85. The van der Waals surface area contributed by atoms with Crippen molar-refractivity contribution in [1.29, 1.82) is 0 Å². The highest BCUT2D eigenvalue weighted by Gasteiger charge is 2.21. The van der Waals surface area contributed by atoms with Crippen LogP contribution in [0.4, 0.5) is 0 Å². The summed E-state index contributed by atoms with van der Waals surface area (Å²) in [6, 6.07) is 15.0. The summed E-state index contributed by atoms with van der Waals surface area (Å²) in [5.74, 6) is -0.211. The van der Waals surface area contributed by atoms with Crippen LogP contribution < -0.4 is 10.1 Å². The SMILES string of the molecule is CCCC(NC(=O)COC(=O)c1oc2ccc(OCC)cc2c1C)c1ccccc1. The molecule has 0 radical (unpaired) electrons. The van der Waals surface area contributed by atoms with Crippen LogP contribution in [-0.4, -0.2) is 25.1 Å². The van der Waals surface area contributed by atoms with Crippen LogP contribution in [0.15, 0.2) is 52.9 Å². The maximum atomic E-state index is 12.5. The molecule has 0 saturated heterocycles. The Kier molecular flexibility index (Phi) is 7.12. The van der Waals surface area contributed by atoms with E-state index in [-0.39, 0.29) is 24.3 Å². The van der Waals surface area contributed by atoms with E-state index in [4.69, 9.17) is 13.9 Å². The smallest absolute Gasteiger partial charge is 0.375 e. The first kappa shape index (κ1) is 21.4. The monoisotopic (exact) mass is 409 g/mol. The Hall–Kier alpha value is -3.28. The molecule has 1 aromatic heterocycles. The lowest BCUT2D eigenvalue weighted by molar-refractivity contribution is -0.125. The summed E-state index contributed by atoms with van der Waals surface area (Å²) in [6.07, 6.45) is 1.72. The Morgan fingerprint density at radius 3 is 2.57 bits per heavy atom. The summed E-state index contributed by atoms with van der Waals surface area (Å²) in [6.45, 7) is 5.93. The zero-order chi connectivity index (χ0) is 21.5. The molecule has 6 nitrogen and oxygen atoms in total. The van der Waals surface area contributed by atoms with Crippen LogP contribution in [0, 0.1) is 6.92 Å². The average Bonchev–Trinajstić information content (AvgIpc) is 3.09. The predicted molar refractivity (Wildman–Crippen MR) is 115 cm³/mol. The Labute approximate surface area is 176 Å². The molecule has 3 rings (SSSR count). The van der Waals surface area contributed by atoms with Gasteiger partial charge in [0, 0.05) is 10.9 Å². The first-order chi connectivity index (χ1) is 14.5. The molecule has 0 spiro atoms. The number of esters is 1. The summed E-state index contributed by atoms with van der Waals surface area (Å²) in [7, 11) is 0. The number of amides is 1. The Balaban J connectivity index is 1.64. The molecular weight excluding hydrogens is 382 g/mol. The van der Waals surface area contributed by atoms with Gasteiger partial charge >= 0.3 is 5.97 Å². The minimum absolute atomic E-state index is 0.0969. The van der Waals surface area contributed by atoms with E-state index >= 15 is 0 Å². The molecule has 158 valence electrons. The molecule has 6 heteroatoms. The fraction of sp³-hybridized carbons (Fsp3) is 0.333. The first-order valence-electron chi connectivity index (χ1n) is 10.2. The van der Waals surface area contributed by atoms with E-state index in [9.17, 15) is 9.59 Å². The minimum atomic E-state index is -0.663. The van der Waals surface area contributed by atoms with Gasteiger partial charge < -0.3 is 19.2 Å². The number of hydrogen-bond acceptors (Lipinski definition) is 5. The van der Waals surface area contributed by atoms with Crippen molar-refractivity contribution < 1.29 is 23.5 Å². The van der Waals surface area contributed by atoms with Gasteiger partial charge in [0.15, 0.2) is 6.61 Å². The van der Waals surface area contributed by atoms with E-state index < -0.39 is 5.97 Å². The number of carbonyl (C=O) groups is 2. The third-order valence-corrected chi connectivity index (χ3v) is 4.85. The second-order valence-corrected chi connectivity index (χ2v) is 7.04. The molecule has 0 aliphatic heterocycles. The van der Waals surface area contributed by atoms with E-state index in [2.05, 4.69) is 12.2 Å². The van der Waals surface area contributed by atoms with Crippen LogP contribution in [0.25, 0.3) is 11.0 Å². The van der Waals surface area contributed by atoms with Crippen molar-refractivity contribution in [2.75, 3.05) is 13.2 Å². The number of benzene rings is 2. The zero-order valence-electron chi connectivity index (χ0n) is 17.6. The number of hydrogen-bond donors (Lipinski definition) is 1. The Morgan fingerprint density at radius 2 is 1.87 bits per heavy atom. The number of carbonyl (C=O) groups excluding carboxylic acids is 2. The standard InChI is InChI=1S/C24H27NO5/c1-4-9-20(17-10-7-6-8-11-17)25-22(26)15-29-24(27)23-16(3)19-14-18(28-5-2)12-13-21(19)30-23/h6-8,10-14,20H,4-5,9,15H2,1-3H3,(H,25,26). The highest BCUT2D eigenvalue weighted by molar-refractivity contribution is 5.97. The molecule has 0 fully saturated rings. The van der Waals surface area contributed by atoms with Crippen LogP contribution in [0.3, 0.4) is 0 Å². The molecule has 0 bridgehead atoms. The molecule has 30 heavy (non-hydrogen) atoms. The van der Waals surface area contributed by atoms with Gasteiger partial charge in [0.2, 0.25) is 5.76 Å². The van der Waals surface area contributed by atoms with Crippen molar-refractivity contribution in [3.63, 3.8) is 0 Å².